The number of aryl methyl sites for hydroxylation is 1. The molecule has 0 fully saturated rings. The second-order valence-electron chi connectivity index (χ2n) is 6.91. The van der Waals surface area contributed by atoms with Crippen LogP contribution in [-0.2, 0) is 30.9 Å². The molecular formula is C22H22ClN3O2. The number of nitrogens with zero attached hydrogens (tertiary/aromatic N) is 2. The monoisotopic (exact) mass is 395 g/mol. The fraction of sp³-hybridized carbons (Fsp3) is 0.273. The summed E-state index contributed by atoms with van der Waals surface area (Å²) >= 11 is 5.96. The Balaban J connectivity index is 1.40. The SMILES string of the molecule is CCc1ccc(CNC(=O)c2cc3n(n2)CC(c2ccc(Cl)cc2)OC3)cc1. The van der Waals surface area contributed by atoms with E-state index in [2.05, 4.69) is 29.5 Å². The van der Waals surface area contributed by atoms with Gasteiger partial charge in [0.05, 0.1) is 18.8 Å². The van der Waals surface area contributed by atoms with E-state index in [0.717, 1.165) is 23.2 Å². The predicted octanol–water partition coefficient (Wildman–Crippen LogP) is 4.30. The van der Waals surface area contributed by atoms with E-state index in [9.17, 15) is 4.79 Å². The molecule has 144 valence electrons. The number of amides is 1. The molecule has 5 nitrogen and oxygen atoms in total. The van der Waals surface area contributed by atoms with Gasteiger partial charge in [-0.3, -0.25) is 9.48 Å². The smallest absolute Gasteiger partial charge is 0.272 e. The van der Waals surface area contributed by atoms with Crippen LogP contribution < -0.4 is 5.32 Å². The third-order valence-electron chi connectivity index (χ3n) is 4.99. The van der Waals surface area contributed by atoms with Crippen molar-refractivity contribution in [3.63, 3.8) is 0 Å². The summed E-state index contributed by atoms with van der Waals surface area (Å²) < 4.78 is 7.79. The molecule has 1 aliphatic rings. The minimum Gasteiger partial charge on any atom is -0.365 e. The highest BCUT2D eigenvalue weighted by Crippen LogP contribution is 2.27. The summed E-state index contributed by atoms with van der Waals surface area (Å²) in [5.41, 5.74) is 4.73. The van der Waals surface area contributed by atoms with E-state index in [4.69, 9.17) is 16.3 Å². The highest BCUT2D eigenvalue weighted by atomic mass is 35.5. The number of hydrogen-bond acceptors (Lipinski definition) is 3. The lowest BCUT2D eigenvalue weighted by Gasteiger charge is -2.24. The maximum Gasteiger partial charge on any atom is 0.272 e. The number of carbonyl (C=O) groups is 1. The maximum atomic E-state index is 12.5. The van der Waals surface area contributed by atoms with Crippen LogP contribution in [0.5, 0.6) is 0 Å². The first-order chi connectivity index (χ1) is 13.6. The minimum atomic E-state index is -0.176. The maximum absolute atomic E-state index is 12.5. The van der Waals surface area contributed by atoms with Crippen molar-refractivity contribution in [3.05, 3.63) is 87.7 Å². The van der Waals surface area contributed by atoms with Crippen LogP contribution in [0.3, 0.4) is 0 Å². The molecule has 0 radical (unpaired) electrons. The number of nitrogens with one attached hydrogen (secondary N) is 1. The van der Waals surface area contributed by atoms with Crippen molar-refractivity contribution in [1.82, 2.24) is 15.1 Å². The summed E-state index contributed by atoms with van der Waals surface area (Å²) in [6.07, 6.45) is 0.906. The molecule has 2 aromatic carbocycles. The number of halogens is 1. The third-order valence-corrected chi connectivity index (χ3v) is 5.25. The van der Waals surface area contributed by atoms with E-state index < -0.39 is 0 Å². The topological polar surface area (TPSA) is 56.2 Å². The average Bonchev–Trinajstić information content (AvgIpc) is 3.16. The van der Waals surface area contributed by atoms with Crippen LogP contribution in [0.25, 0.3) is 0 Å². The van der Waals surface area contributed by atoms with Crippen molar-refractivity contribution in [2.45, 2.75) is 39.1 Å². The number of benzene rings is 2. The highest BCUT2D eigenvalue weighted by molar-refractivity contribution is 6.30. The predicted molar refractivity (Wildman–Crippen MR) is 108 cm³/mol. The van der Waals surface area contributed by atoms with Crippen LogP contribution in [0.1, 0.15) is 45.9 Å². The molecule has 28 heavy (non-hydrogen) atoms. The number of rotatable bonds is 5. The van der Waals surface area contributed by atoms with Gasteiger partial charge in [0, 0.05) is 11.6 Å². The van der Waals surface area contributed by atoms with Gasteiger partial charge in [-0.25, -0.2) is 0 Å². The van der Waals surface area contributed by atoms with Gasteiger partial charge in [0.2, 0.25) is 0 Å². The lowest BCUT2D eigenvalue weighted by atomic mass is 10.1. The molecule has 0 saturated carbocycles. The Morgan fingerprint density at radius 3 is 2.61 bits per heavy atom. The van der Waals surface area contributed by atoms with E-state index in [1.807, 2.05) is 41.1 Å². The zero-order chi connectivity index (χ0) is 19.5. The summed E-state index contributed by atoms with van der Waals surface area (Å²) in [5.74, 6) is -0.176. The van der Waals surface area contributed by atoms with Crippen molar-refractivity contribution in [1.29, 1.82) is 0 Å². The van der Waals surface area contributed by atoms with Gasteiger partial charge in [-0.1, -0.05) is 54.9 Å². The fourth-order valence-corrected chi connectivity index (χ4v) is 3.41. The number of hydrogen-bond donors (Lipinski definition) is 1. The van der Waals surface area contributed by atoms with E-state index in [1.54, 1.807) is 6.07 Å². The second kappa shape index (κ2) is 8.17. The van der Waals surface area contributed by atoms with Crippen molar-refractivity contribution < 1.29 is 9.53 Å². The van der Waals surface area contributed by atoms with E-state index in [-0.39, 0.29) is 12.0 Å². The second-order valence-corrected chi connectivity index (χ2v) is 7.34. The summed E-state index contributed by atoms with van der Waals surface area (Å²) in [4.78, 5) is 12.5. The Labute approximate surface area is 169 Å². The molecule has 0 bridgehead atoms. The minimum absolute atomic E-state index is 0.0994. The van der Waals surface area contributed by atoms with Gasteiger partial charge in [-0.05, 0) is 41.3 Å². The molecule has 6 heteroatoms. The largest absolute Gasteiger partial charge is 0.365 e. The van der Waals surface area contributed by atoms with Crippen LogP contribution >= 0.6 is 11.6 Å². The first-order valence-electron chi connectivity index (χ1n) is 9.42. The van der Waals surface area contributed by atoms with Gasteiger partial charge in [0.1, 0.15) is 6.10 Å². The lowest BCUT2D eigenvalue weighted by molar-refractivity contribution is -0.00119. The molecular weight excluding hydrogens is 374 g/mol. The Morgan fingerprint density at radius 1 is 1.18 bits per heavy atom. The molecule has 1 aromatic heterocycles. The lowest BCUT2D eigenvalue weighted by Crippen LogP contribution is -2.24. The first-order valence-corrected chi connectivity index (χ1v) is 9.80. The Bertz CT molecular complexity index is 964. The number of carbonyl (C=O) groups excluding carboxylic acids is 1. The van der Waals surface area contributed by atoms with Crippen LogP contribution in [-0.4, -0.2) is 15.7 Å². The van der Waals surface area contributed by atoms with Gasteiger partial charge >= 0.3 is 0 Å². The van der Waals surface area contributed by atoms with Crippen molar-refractivity contribution in [2.24, 2.45) is 0 Å². The van der Waals surface area contributed by atoms with Crippen molar-refractivity contribution in [3.8, 4) is 0 Å². The fourth-order valence-electron chi connectivity index (χ4n) is 3.28. The standard InChI is InChI=1S/C22H22ClN3O2/c1-2-15-3-5-16(6-4-15)12-24-22(27)20-11-19-14-28-21(13-26(19)25-20)17-7-9-18(23)10-8-17/h3-11,21H,2,12-14H2,1H3,(H,24,27). The molecule has 4 rings (SSSR count). The van der Waals surface area contributed by atoms with Gasteiger partial charge in [-0.15, -0.1) is 0 Å². The Hall–Kier alpha value is -2.63. The highest BCUT2D eigenvalue weighted by Gasteiger charge is 2.24. The molecule has 0 spiro atoms. The molecule has 0 aliphatic carbocycles. The molecule has 3 aromatic rings. The summed E-state index contributed by atoms with van der Waals surface area (Å²) in [5, 5.41) is 8.12. The summed E-state index contributed by atoms with van der Waals surface area (Å²) in [6, 6.07) is 17.7. The van der Waals surface area contributed by atoms with Crippen LogP contribution in [0.2, 0.25) is 5.02 Å². The van der Waals surface area contributed by atoms with Crippen LogP contribution in [0, 0.1) is 0 Å². The Morgan fingerprint density at radius 2 is 1.89 bits per heavy atom. The van der Waals surface area contributed by atoms with Crippen LogP contribution in [0.15, 0.2) is 54.6 Å². The number of ether oxygens (including phenoxy) is 1. The summed E-state index contributed by atoms with van der Waals surface area (Å²) in [7, 11) is 0. The van der Waals surface area contributed by atoms with E-state index in [1.165, 1.54) is 5.56 Å². The molecule has 2 heterocycles. The van der Waals surface area contributed by atoms with Gasteiger partial charge in [0.25, 0.3) is 5.91 Å². The van der Waals surface area contributed by atoms with E-state index >= 15 is 0 Å². The van der Waals surface area contributed by atoms with Crippen LogP contribution in [0.4, 0.5) is 0 Å². The molecule has 0 saturated heterocycles. The number of aromatic nitrogens is 2. The Kier molecular flexibility index (Phi) is 5.46. The third kappa shape index (κ3) is 4.11. The van der Waals surface area contributed by atoms with Crippen molar-refractivity contribution >= 4 is 17.5 Å². The van der Waals surface area contributed by atoms with E-state index in [0.29, 0.717) is 30.4 Å². The van der Waals surface area contributed by atoms with Gasteiger partial charge in [-0.2, -0.15) is 5.10 Å². The normalized spacial score (nSPS) is 15.9. The quantitative estimate of drug-likeness (QED) is 0.700. The zero-order valence-corrected chi connectivity index (χ0v) is 16.4. The van der Waals surface area contributed by atoms with Gasteiger partial charge < -0.3 is 10.1 Å². The molecule has 1 unspecified atom stereocenters. The first kappa shape index (κ1) is 18.7. The molecule has 1 N–H and O–H groups in total. The average molecular weight is 396 g/mol. The summed E-state index contributed by atoms with van der Waals surface area (Å²) in [6.45, 7) is 3.60. The molecule has 1 aliphatic heterocycles. The molecule has 1 atom stereocenters. The van der Waals surface area contributed by atoms with Gasteiger partial charge in [0.15, 0.2) is 5.69 Å². The zero-order valence-electron chi connectivity index (χ0n) is 15.7. The number of fused-ring (bicyclic) bond motifs is 1. The molecule has 1 amide bonds. The van der Waals surface area contributed by atoms with Crippen molar-refractivity contribution in [2.75, 3.05) is 0 Å².